The van der Waals surface area contributed by atoms with Crippen molar-refractivity contribution in [1.29, 1.82) is 0 Å². The van der Waals surface area contributed by atoms with Crippen molar-refractivity contribution in [3.05, 3.63) is 23.8 Å². The van der Waals surface area contributed by atoms with Crippen LogP contribution in [0.15, 0.2) is 18.2 Å². The predicted octanol–water partition coefficient (Wildman–Crippen LogP) is 1.57. The second-order valence-electron chi connectivity index (χ2n) is 4.97. The SMILES string of the molecule is Cl.O=C(NCC1CCNCC1)c1ccc2c(c1)OCO2. The van der Waals surface area contributed by atoms with Gasteiger partial charge in [-0.25, -0.2) is 0 Å². The average molecular weight is 299 g/mol. The molecule has 1 aromatic carbocycles. The molecule has 1 fully saturated rings. The van der Waals surface area contributed by atoms with Gasteiger partial charge in [0.25, 0.3) is 5.91 Å². The molecule has 0 radical (unpaired) electrons. The molecule has 2 heterocycles. The molecule has 5 nitrogen and oxygen atoms in total. The summed E-state index contributed by atoms with van der Waals surface area (Å²) in [7, 11) is 0. The standard InChI is InChI=1S/C14H18N2O3.ClH/c17-14(16-8-10-3-5-15-6-4-10)11-1-2-12-13(7-11)19-9-18-12;/h1-2,7,10,15H,3-6,8-9H2,(H,16,17);1H. The van der Waals surface area contributed by atoms with Gasteiger partial charge in [-0.2, -0.15) is 0 Å². The monoisotopic (exact) mass is 298 g/mol. The summed E-state index contributed by atoms with van der Waals surface area (Å²) in [5, 5.41) is 6.32. The maximum atomic E-state index is 12.1. The van der Waals surface area contributed by atoms with Gasteiger partial charge in [0.15, 0.2) is 11.5 Å². The first-order valence-electron chi connectivity index (χ1n) is 6.71. The van der Waals surface area contributed by atoms with Gasteiger partial charge in [-0.05, 0) is 50.0 Å². The zero-order valence-electron chi connectivity index (χ0n) is 11.2. The van der Waals surface area contributed by atoms with Crippen molar-refractivity contribution in [2.45, 2.75) is 12.8 Å². The molecule has 110 valence electrons. The van der Waals surface area contributed by atoms with Gasteiger partial charge in [-0.15, -0.1) is 12.4 Å². The third-order valence-electron chi connectivity index (χ3n) is 3.64. The summed E-state index contributed by atoms with van der Waals surface area (Å²) < 4.78 is 10.5. The van der Waals surface area contributed by atoms with Crippen LogP contribution in [0.2, 0.25) is 0 Å². The lowest BCUT2D eigenvalue weighted by atomic mass is 9.98. The molecule has 6 heteroatoms. The zero-order valence-corrected chi connectivity index (χ0v) is 12.0. The minimum atomic E-state index is -0.0446. The van der Waals surface area contributed by atoms with Crippen LogP contribution in [0.1, 0.15) is 23.2 Å². The summed E-state index contributed by atoms with van der Waals surface area (Å²) in [6.07, 6.45) is 2.25. The molecule has 1 saturated heterocycles. The van der Waals surface area contributed by atoms with Crippen molar-refractivity contribution < 1.29 is 14.3 Å². The Bertz CT molecular complexity index is 475. The van der Waals surface area contributed by atoms with Gasteiger partial charge in [0.1, 0.15) is 0 Å². The van der Waals surface area contributed by atoms with E-state index < -0.39 is 0 Å². The van der Waals surface area contributed by atoms with Crippen LogP contribution >= 0.6 is 12.4 Å². The number of hydrogen-bond acceptors (Lipinski definition) is 4. The third-order valence-corrected chi connectivity index (χ3v) is 3.64. The number of nitrogens with one attached hydrogen (secondary N) is 2. The molecule has 20 heavy (non-hydrogen) atoms. The number of carbonyl (C=O) groups is 1. The van der Waals surface area contributed by atoms with E-state index in [1.807, 2.05) is 0 Å². The first kappa shape index (κ1) is 14.9. The molecule has 1 amide bonds. The Morgan fingerprint density at radius 1 is 1.25 bits per heavy atom. The Morgan fingerprint density at radius 3 is 2.80 bits per heavy atom. The summed E-state index contributed by atoms with van der Waals surface area (Å²) in [6, 6.07) is 5.28. The molecule has 2 aliphatic rings. The highest BCUT2D eigenvalue weighted by atomic mass is 35.5. The van der Waals surface area contributed by atoms with Crippen LogP contribution in [-0.4, -0.2) is 32.3 Å². The molecule has 0 bridgehead atoms. The normalized spacial score (nSPS) is 17.4. The zero-order chi connectivity index (χ0) is 13.1. The van der Waals surface area contributed by atoms with Gasteiger partial charge in [0.2, 0.25) is 6.79 Å². The van der Waals surface area contributed by atoms with E-state index >= 15 is 0 Å². The molecule has 3 rings (SSSR count). The molecule has 2 aliphatic heterocycles. The smallest absolute Gasteiger partial charge is 0.251 e. The topological polar surface area (TPSA) is 59.6 Å². The second-order valence-corrected chi connectivity index (χ2v) is 4.97. The van der Waals surface area contributed by atoms with E-state index in [1.165, 1.54) is 0 Å². The fourth-order valence-electron chi connectivity index (χ4n) is 2.46. The highest BCUT2D eigenvalue weighted by Gasteiger charge is 2.18. The van der Waals surface area contributed by atoms with Crippen LogP contribution in [0.25, 0.3) is 0 Å². The lowest BCUT2D eigenvalue weighted by molar-refractivity contribution is 0.0943. The van der Waals surface area contributed by atoms with Crippen molar-refractivity contribution in [3.63, 3.8) is 0 Å². The first-order chi connectivity index (χ1) is 9.33. The van der Waals surface area contributed by atoms with Crippen LogP contribution < -0.4 is 20.1 Å². The van der Waals surface area contributed by atoms with Crippen LogP contribution in [0.3, 0.4) is 0 Å². The summed E-state index contributed by atoms with van der Waals surface area (Å²) in [4.78, 5) is 12.1. The molecular weight excluding hydrogens is 280 g/mol. The van der Waals surface area contributed by atoms with Gasteiger partial charge < -0.3 is 20.1 Å². The van der Waals surface area contributed by atoms with Crippen LogP contribution in [0.4, 0.5) is 0 Å². The summed E-state index contributed by atoms with van der Waals surface area (Å²) in [5.41, 5.74) is 0.623. The highest BCUT2D eigenvalue weighted by molar-refractivity contribution is 5.94. The molecule has 2 N–H and O–H groups in total. The Morgan fingerprint density at radius 2 is 2.00 bits per heavy atom. The number of rotatable bonds is 3. The first-order valence-corrected chi connectivity index (χ1v) is 6.71. The number of hydrogen-bond donors (Lipinski definition) is 2. The van der Waals surface area contributed by atoms with Crippen molar-refractivity contribution in [1.82, 2.24) is 10.6 Å². The summed E-state index contributed by atoms with van der Waals surface area (Å²) >= 11 is 0. The molecule has 1 aromatic rings. The fourth-order valence-corrected chi connectivity index (χ4v) is 2.46. The number of halogens is 1. The van der Waals surface area contributed by atoms with Crippen molar-refractivity contribution in [2.75, 3.05) is 26.4 Å². The van der Waals surface area contributed by atoms with E-state index in [2.05, 4.69) is 10.6 Å². The van der Waals surface area contributed by atoms with Crippen LogP contribution in [0.5, 0.6) is 11.5 Å². The predicted molar refractivity (Wildman–Crippen MR) is 77.7 cm³/mol. The Labute approximate surface area is 124 Å². The van der Waals surface area contributed by atoms with E-state index in [4.69, 9.17) is 9.47 Å². The second kappa shape index (κ2) is 6.81. The number of fused-ring (bicyclic) bond motifs is 1. The van der Waals surface area contributed by atoms with Crippen LogP contribution in [-0.2, 0) is 0 Å². The summed E-state index contributed by atoms with van der Waals surface area (Å²) in [6.45, 7) is 3.07. The molecule has 0 aliphatic carbocycles. The van der Waals surface area contributed by atoms with Gasteiger partial charge in [-0.1, -0.05) is 0 Å². The van der Waals surface area contributed by atoms with Gasteiger partial charge in [0.05, 0.1) is 0 Å². The average Bonchev–Trinajstić information content (AvgIpc) is 2.93. The maximum Gasteiger partial charge on any atom is 0.251 e. The molecular formula is C14H19ClN2O3. The number of ether oxygens (including phenoxy) is 2. The lowest BCUT2D eigenvalue weighted by Crippen LogP contribution is -2.35. The number of carbonyl (C=O) groups excluding carboxylic acids is 1. The van der Waals surface area contributed by atoms with Crippen LogP contribution in [0, 0.1) is 5.92 Å². The minimum absolute atomic E-state index is 0. The van der Waals surface area contributed by atoms with Gasteiger partial charge >= 0.3 is 0 Å². The minimum Gasteiger partial charge on any atom is -0.454 e. The quantitative estimate of drug-likeness (QED) is 0.889. The number of piperidine rings is 1. The lowest BCUT2D eigenvalue weighted by Gasteiger charge is -2.22. The highest BCUT2D eigenvalue weighted by Crippen LogP contribution is 2.32. The molecule has 0 aromatic heterocycles. The van der Waals surface area contributed by atoms with Gasteiger partial charge in [-0.3, -0.25) is 4.79 Å². The van der Waals surface area contributed by atoms with Crippen molar-refractivity contribution in [3.8, 4) is 11.5 Å². The summed E-state index contributed by atoms with van der Waals surface area (Å²) in [5.74, 6) is 1.89. The van der Waals surface area contributed by atoms with E-state index in [0.29, 0.717) is 23.0 Å². The van der Waals surface area contributed by atoms with E-state index in [1.54, 1.807) is 18.2 Å². The van der Waals surface area contributed by atoms with E-state index in [-0.39, 0.29) is 25.1 Å². The van der Waals surface area contributed by atoms with Crippen molar-refractivity contribution in [2.24, 2.45) is 5.92 Å². The Kier molecular flexibility index (Phi) is 5.09. The van der Waals surface area contributed by atoms with E-state index in [9.17, 15) is 4.79 Å². The van der Waals surface area contributed by atoms with E-state index in [0.717, 1.165) is 32.5 Å². The molecule has 0 saturated carbocycles. The molecule has 0 atom stereocenters. The number of amides is 1. The van der Waals surface area contributed by atoms with Gasteiger partial charge in [0, 0.05) is 12.1 Å². The van der Waals surface area contributed by atoms with Crippen molar-refractivity contribution >= 4 is 18.3 Å². The maximum absolute atomic E-state index is 12.1. The fraction of sp³-hybridized carbons (Fsp3) is 0.500. The molecule has 0 spiro atoms. The molecule has 0 unspecified atom stereocenters. The third kappa shape index (κ3) is 3.35. The largest absolute Gasteiger partial charge is 0.454 e. The Balaban J connectivity index is 0.00000147. The Hall–Kier alpha value is -1.46. The number of benzene rings is 1.